The van der Waals surface area contributed by atoms with Crippen LogP contribution < -0.4 is 0 Å². The average molecular weight is 241 g/mol. The summed E-state index contributed by atoms with van der Waals surface area (Å²) in [6, 6.07) is 0. The second-order valence-corrected chi connectivity index (χ2v) is 5.80. The van der Waals surface area contributed by atoms with E-state index in [0.717, 1.165) is 24.8 Å². The molecule has 0 aromatic rings. The Morgan fingerprint density at radius 1 is 1.62 bits per heavy atom. The number of carbonyl (C=O) groups is 1. The van der Waals surface area contributed by atoms with Crippen molar-refractivity contribution in [3.05, 3.63) is 23.8 Å². The number of alkyl halides is 1. The molecule has 2 aliphatic rings. The Balaban J connectivity index is 2.33. The van der Waals surface area contributed by atoms with Crippen LogP contribution in [0.2, 0.25) is 0 Å². The second-order valence-electron chi connectivity index (χ2n) is 4.05. The molecule has 0 bridgehead atoms. The van der Waals surface area contributed by atoms with Crippen LogP contribution in [0.25, 0.3) is 0 Å². The minimum atomic E-state index is -0.305. The van der Waals surface area contributed by atoms with Gasteiger partial charge >= 0.3 is 0 Å². The molecule has 2 atom stereocenters. The standard InChI is InChI=1S/C11H13BrO/c1-11(12)7-6-8-4-2-3-5-9(8)10(11)13/h2-3,5,8H,4,6-7H2,1H3. The fraction of sp³-hybridized carbons (Fsp3) is 0.545. The molecule has 0 heterocycles. The van der Waals surface area contributed by atoms with Crippen molar-refractivity contribution in [3.8, 4) is 0 Å². The highest BCUT2D eigenvalue weighted by atomic mass is 79.9. The van der Waals surface area contributed by atoms with Gasteiger partial charge in [-0.1, -0.05) is 34.2 Å². The van der Waals surface area contributed by atoms with Gasteiger partial charge in [0.25, 0.3) is 0 Å². The van der Waals surface area contributed by atoms with Crippen molar-refractivity contribution in [3.63, 3.8) is 0 Å². The smallest absolute Gasteiger partial charge is 0.175 e. The topological polar surface area (TPSA) is 17.1 Å². The maximum Gasteiger partial charge on any atom is 0.175 e. The Morgan fingerprint density at radius 2 is 2.38 bits per heavy atom. The molecule has 1 saturated carbocycles. The average Bonchev–Trinajstić information content (AvgIpc) is 2.13. The lowest BCUT2D eigenvalue weighted by Gasteiger charge is -2.34. The van der Waals surface area contributed by atoms with E-state index in [-0.39, 0.29) is 10.1 Å². The summed E-state index contributed by atoms with van der Waals surface area (Å²) in [6.07, 6.45) is 9.26. The van der Waals surface area contributed by atoms with Crippen LogP contribution in [0.1, 0.15) is 26.2 Å². The molecule has 13 heavy (non-hydrogen) atoms. The van der Waals surface area contributed by atoms with Gasteiger partial charge in [-0.2, -0.15) is 0 Å². The van der Waals surface area contributed by atoms with Gasteiger partial charge in [0.2, 0.25) is 0 Å². The molecule has 1 fully saturated rings. The van der Waals surface area contributed by atoms with Crippen molar-refractivity contribution in [2.45, 2.75) is 30.5 Å². The van der Waals surface area contributed by atoms with Gasteiger partial charge in [0.05, 0.1) is 4.32 Å². The van der Waals surface area contributed by atoms with E-state index in [2.05, 4.69) is 22.0 Å². The first-order chi connectivity index (χ1) is 6.11. The Labute approximate surface area is 87.0 Å². The molecule has 0 aliphatic heterocycles. The minimum absolute atomic E-state index is 0.285. The van der Waals surface area contributed by atoms with E-state index in [4.69, 9.17) is 0 Å². The van der Waals surface area contributed by atoms with Crippen molar-refractivity contribution in [1.29, 1.82) is 0 Å². The summed E-state index contributed by atoms with van der Waals surface area (Å²) < 4.78 is -0.305. The number of hydrogen-bond acceptors (Lipinski definition) is 1. The van der Waals surface area contributed by atoms with Gasteiger partial charge in [-0.3, -0.25) is 4.79 Å². The molecule has 0 saturated heterocycles. The first-order valence-electron chi connectivity index (χ1n) is 4.72. The molecule has 2 aliphatic carbocycles. The fourth-order valence-electron chi connectivity index (χ4n) is 2.07. The first kappa shape index (κ1) is 9.20. The zero-order valence-electron chi connectivity index (χ0n) is 7.72. The highest BCUT2D eigenvalue weighted by molar-refractivity contribution is 9.10. The van der Waals surface area contributed by atoms with Crippen LogP contribution in [0, 0.1) is 5.92 Å². The van der Waals surface area contributed by atoms with Crippen molar-refractivity contribution in [1.82, 2.24) is 0 Å². The minimum Gasteiger partial charge on any atom is -0.293 e. The SMILES string of the molecule is CC1(Br)CCC2CC=CC=C2C1=O. The molecule has 0 N–H and O–H groups in total. The van der Waals surface area contributed by atoms with E-state index in [0.29, 0.717) is 5.92 Å². The molecular weight excluding hydrogens is 228 g/mol. The lowest BCUT2D eigenvalue weighted by atomic mass is 9.74. The summed E-state index contributed by atoms with van der Waals surface area (Å²) in [4.78, 5) is 11.9. The summed E-state index contributed by atoms with van der Waals surface area (Å²) in [5.41, 5.74) is 1.02. The summed E-state index contributed by atoms with van der Waals surface area (Å²) in [7, 11) is 0. The number of Topliss-reactive ketones (excluding diaryl/α,β-unsaturated/α-hetero) is 1. The molecule has 2 heteroatoms. The largest absolute Gasteiger partial charge is 0.293 e. The number of carbonyl (C=O) groups excluding carboxylic acids is 1. The van der Waals surface area contributed by atoms with Gasteiger partial charge < -0.3 is 0 Å². The van der Waals surface area contributed by atoms with Crippen LogP contribution in [0.15, 0.2) is 23.8 Å². The number of hydrogen-bond donors (Lipinski definition) is 0. The second kappa shape index (κ2) is 3.09. The lowest BCUT2D eigenvalue weighted by Crippen LogP contribution is -2.37. The van der Waals surface area contributed by atoms with Crippen molar-refractivity contribution < 1.29 is 4.79 Å². The summed E-state index contributed by atoms with van der Waals surface area (Å²) in [6.45, 7) is 1.98. The summed E-state index contributed by atoms with van der Waals surface area (Å²) in [5, 5.41) is 0. The third-order valence-electron chi connectivity index (χ3n) is 2.97. The number of allylic oxidation sites excluding steroid dienone is 4. The zero-order valence-corrected chi connectivity index (χ0v) is 9.30. The summed E-state index contributed by atoms with van der Waals surface area (Å²) in [5.74, 6) is 0.774. The van der Waals surface area contributed by atoms with Gasteiger partial charge in [-0.25, -0.2) is 0 Å². The third-order valence-corrected chi connectivity index (χ3v) is 3.73. The Morgan fingerprint density at radius 3 is 3.15 bits per heavy atom. The normalized spacial score (nSPS) is 38.5. The number of ketones is 1. The van der Waals surface area contributed by atoms with Crippen molar-refractivity contribution in [2.75, 3.05) is 0 Å². The molecule has 1 nitrogen and oxygen atoms in total. The molecule has 0 spiro atoms. The van der Waals surface area contributed by atoms with E-state index in [9.17, 15) is 4.79 Å². The monoisotopic (exact) mass is 240 g/mol. The van der Waals surface area contributed by atoms with Crippen molar-refractivity contribution >= 4 is 21.7 Å². The Bertz CT molecular complexity index is 299. The molecular formula is C11H13BrO. The van der Waals surface area contributed by atoms with Crippen LogP contribution in [0.5, 0.6) is 0 Å². The maximum absolute atomic E-state index is 11.9. The Kier molecular flexibility index (Phi) is 2.18. The van der Waals surface area contributed by atoms with E-state index in [1.54, 1.807) is 0 Å². The molecule has 2 rings (SSSR count). The van der Waals surface area contributed by atoms with Crippen LogP contribution in [0.3, 0.4) is 0 Å². The highest BCUT2D eigenvalue weighted by Gasteiger charge is 2.40. The Hall–Kier alpha value is -0.370. The van der Waals surface area contributed by atoms with Crippen LogP contribution in [-0.2, 0) is 4.79 Å². The van der Waals surface area contributed by atoms with Gasteiger partial charge in [0.15, 0.2) is 5.78 Å². The van der Waals surface area contributed by atoms with Crippen LogP contribution >= 0.6 is 15.9 Å². The predicted octanol–water partition coefficient (Wildman–Crippen LogP) is 3.01. The first-order valence-corrected chi connectivity index (χ1v) is 5.51. The molecule has 0 aromatic heterocycles. The predicted molar refractivity (Wildman–Crippen MR) is 56.9 cm³/mol. The van der Waals surface area contributed by atoms with Gasteiger partial charge in [-0.05, 0) is 37.7 Å². The molecule has 70 valence electrons. The third kappa shape index (κ3) is 1.52. The van der Waals surface area contributed by atoms with Gasteiger partial charge in [0, 0.05) is 0 Å². The summed E-state index contributed by atoms with van der Waals surface area (Å²) >= 11 is 3.51. The van der Waals surface area contributed by atoms with Crippen LogP contribution in [-0.4, -0.2) is 10.1 Å². The number of fused-ring (bicyclic) bond motifs is 1. The van der Waals surface area contributed by atoms with Gasteiger partial charge in [-0.15, -0.1) is 0 Å². The number of rotatable bonds is 0. The van der Waals surface area contributed by atoms with E-state index < -0.39 is 0 Å². The number of halogens is 1. The van der Waals surface area contributed by atoms with E-state index in [1.807, 2.05) is 19.1 Å². The van der Waals surface area contributed by atoms with Crippen molar-refractivity contribution in [2.24, 2.45) is 5.92 Å². The molecule has 0 aromatic carbocycles. The molecule has 2 unspecified atom stereocenters. The van der Waals surface area contributed by atoms with Crippen LogP contribution in [0.4, 0.5) is 0 Å². The highest BCUT2D eigenvalue weighted by Crippen LogP contribution is 2.41. The molecule has 0 radical (unpaired) electrons. The zero-order chi connectivity index (χ0) is 9.47. The molecule has 0 amide bonds. The van der Waals surface area contributed by atoms with E-state index >= 15 is 0 Å². The van der Waals surface area contributed by atoms with Gasteiger partial charge in [0.1, 0.15) is 0 Å². The lowest BCUT2D eigenvalue weighted by molar-refractivity contribution is -0.119. The quantitative estimate of drug-likeness (QED) is 0.596. The maximum atomic E-state index is 11.9. The fourth-order valence-corrected chi connectivity index (χ4v) is 2.53. The van der Waals surface area contributed by atoms with E-state index in [1.165, 1.54) is 0 Å².